The van der Waals surface area contributed by atoms with Crippen LogP contribution in [0.25, 0.3) is 0 Å². The monoisotopic (exact) mass is 326 g/mol. The van der Waals surface area contributed by atoms with Crippen molar-refractivity contribution < 1.29 is 13.2 Å². The molecule has 0 aliphatic carbocycles. The molecule has 5 nitrogen and oxygen atoms in total. The highest BCUT2D eigenvalue weighted by Crippen LogP contribution is 2.13. The van der Waals surface area contributed by atoms with Crippen molar-refractivity contribution in [1.29, 1.82) is 0 Å². The summed E-state index contributed by atoms with van der Waals surface area (Å²) in [7, 11) is -3.33. The molecule has 22 heavy (non-hydrogen) atoms. The molecule has 124 valence electrons. The van der Waals surface area contributed by atoms with Crippen LogP contribution in [0.5, 0.6) is 0 Å². The molecule has 0 radical (unpaired) electrons. The highest BCUT2D eigenvalue weighted by molar-refractivity contribution is 7.88. The summed E-state index contributed by atoms with van der Waals surface area (Å²) in [6.07, 6.45) is 1.19. The third-order valence-electron chi connectivity index (χ3n) is 3.24. The van der Waals surface area contributed by atoms with Crippen LogP contribution in [0, 0.1) is 12.3 Å². The molecule has 0 atom stereocenters. The lowest BCUT2D eigenvalue weighted by Crippen LogP contribution is -2.41. The standard InChI is InChI=1S/C16H26N2O3S/c1-13-7-6-8-14(11-13)12-18(22(5,20)21)10-9-17-15(19)16(2,3)4/h6-8,11H,9-10,12H2,1-5H3,(H,17,19). The number of amides is 1. The van der Waals surface area contributed by atoms with Crippen LogP contribution in [0.3, 0.4) is 0 Å². The van der Waals surface area contributed by atoms with Gasteiger partial charge in [0.15, 0.2) is 0 Å². The van der Waals surface area contributed by atoms with Gasteiger partial charge in [-0.3, -0.25) is 4.79 Å². The van der Waals surface area contributed by atoms with Crippen molar-refractivity contribution in [3.8, 4) is 0 Å². The molecule has 0 aromatic heterocycles. The number of nitrogens with zero attached hydrogens (tertiary/aromatic N) is 1. The maximum absolute atomic E-state index is 11.9. The van der Waals surface area contributed by atoms with Crippen LogP contribution >= 0.6 is 0 Å². The van der Waals surface area contributed by atoms with Gasteiger partial charge in [0.05, 0.1) is 6.26 Å². The fraction of sp³-hybridized carbons (Fsp3) is 0.562. The number of aryl methyl sites for hydroxylation is 1. The largest absolute Gasteiger partial charge is 0.354 e. The van der Waals surface area contributed by atoms with E-state index in [0.717, 1.165) is 11.1 Å². The van der Waals surface area contributed by atoms with Gasteiger partial charge in [0.1, 0.15) is 0 Å². The second-order valence-electron chi connectivity index (χ2n) is 6.59. The maximum atomic E-state index is 11.9. The molecular weight excluding hydrogens is 300 g/mol. The van der Waals surface area contributed by atoms with Crippen LogP contribution in [-0.4, -0.2) is 38.0 Å². The lowest BCUT2D eigenvalue weighted by atomic mass is 9.96. The van der Waals surface area contributed by atoms with Crippen LogP contribution in [0.1, 0.15) is 31.9 Å². The van der Waals surface area contributed by atoms with Gasteiger partial charge in [-0.15, -0.1) is 0 Å². The fourth-order valence-corrected chi connectivity index (χ4v) is 2.74. The summed E-state index contributed by atoms with van der Waals surface area (Å²) < 4.78 is 25.2. The molecule has 1 aromatic carbocycles. The SMILES string of the molecule is Cc1cccc(CN(CCNC(=O)C(C)(C)C)S(C)(=O)=O)c1. The average molecular weight is 326 g/mol. The van der Waals surface area contributed by atoms with E-state index < -0.39 is 15.4 Å². The molecule has 0 unspecified atom stereocenters. The van der Waals surface area contributed by atoms with Gasteiger partial charge in [-0.25, -0.2) is 8.42 Å². The first kappa shape index (κ1) is 18.6. The number of sulfonamides is 1. The van der Waals surface area contributed by atoms with E-state index in [4.69, 9.17) is 0 Å². The van der Waals surface area contributed by atoms with Crippen LogP contribution in [-0.2, 0) is 21.4 Å². The predicted octanol–water partition coefficient (Wildman–Crippen LogP) is 1.92. The van der Waals surface area contributed by atoms with E-state index >= 15 is 0 Å². The van der Waals surface area contributed by atoms with Crippen molar-refractivity contribution in [2.75, 3.05) is 19.3 Å². The third kappa shape index (κ3) is 6.15. The summed E-state index contributed by atoms with van der Waals surface area (Å²) in [6.45, 7) is 8.31. The maximum Gasteiger partial charge on any atom is 0.225 e. The predicted molar refractivity (Wildman–Crippen MR) is 88.9 cm³/mol. The molecule has 0 aliphatic rings. The molecule has 0 bridgehead atoms. The van der Waals surface area contributed by atoms with Crippen molar-refractivity contribution in [2.24, 2.45) is 5.41 Å². The van der Waals surface area contributed by atoms with Gasteiger partial charge in [-0.1, -0.05) is 50.6 Å². The highest BCUT2D eigenvalue weighted by Gasteiger charge is 2.22. The number of carbonyl (C=O) groups excluding carboxylic acids is 1. The summed E-state index contributed by atoms with van der Waals surface area (Å²) in [5.74, 6) is -0.0866. The minimum Gasteiger partial charge on any atom is -0.354 e. The Kier molecular flexibility index (Phi) is 6.14. The van der Waals surface area contributed by atoms with E-state index in [-0.39, 0.29) is 12.5 Å². The lowest BCUT2D eigenvalue weighted by Gasteiger charge is -2.22. The quantitative estimate of drug-likeness (QED) is 0.868. The molecule has 6 heteroatoms. The van der Waals surface area contributed by atoms with Crippen molar-refractivity contribution in [1.82, 2.24) is 9.62 Å². The topological polar surface area (TPSA) is 66.5 Å². The third-order valence-corrected chi connectivity index (χ3v) is 4.49. The second-order valence-corrected chi connectivity index (χ2v) is 8.57. The number of benzene rings is 1. The summed E-state index contributed by atoms with van der Waals surface area (Å²) in [6, 6.07) is 7.75. The summed E-state index contributed by atoms with van der Waals surface area (Å²) in [5.41, 5.74) is 1.55. The average Bonchev–Trinajstić information content (AvgIpc) is 2.35. The van der Waals surface area contributed by atoms with Gasteiger partial charge >= 0.3 is 0 Å². The van der Waals surface area contributed by atoms with E-state index in [0.29, 0.717) is 13.1 Å². The van der Waals surface area contributed by atoms with Crippen molar-refractivity contribution in [3.63, 3.8) is 0 Å². The van der Waals surface area contributed by atoms with Gasteiger partial charge in [0.25, 0.3) is 0 Å². The Morgan fingerprint density at radius 1 is 1.27 bits per heavy atom. The van der Waals surface area contributed by atoms with E-state index in [9.17, 15) is 13.2 Å². The Morgan fingerprint density at radius 3 is 2.41 bits per heavy atom. The number of hydrogen-bond acceptors (Lipinski definition) is 3. The molecule has 0 fully saturated rings. The van der Waals surface area contributed by atoms with E-state index in [1.165, 1.54) is 10.6 Å². The first-order valence-corrected chi connectivity index (χ1v) is 9.14. The Labute approximate surface area is 133 Å². The summed E-state index contributed by atoms with van der Waals surface area (Å²) >= 11 is 0. The minimum absolute atomic E-state index is 0.0866. The zero-order valence-electron chi connectivity index (χ0n) is 14.0. The molecule has 1 rings (SSSR count). The number of hydrogen-bond donors (Lipinski definition) is 1. The van der Waals surface area contributed by atoms with Crippen LogP contribution < -0.4 is 5.32 Å². The molecule has 0 aliphatic heterocycles. The van der Waals surface area contributed by atoms with E-state index in [2.05, 4.69) is 5.32 Å². The molecule has 0 heterocycles. The normalized spacial score (nSPS) is 12.5. The molecule has 1 amide bonds. The molecule has 1 aromatic rings. The fourth-order valence-electron chi connectivity index (χ4n) is 1.94. The van der Waals surface area contributed by atoms with E-state index in [1.54, 1.807) is 0 Å². The molecule has 1 N–H and O–H groups in total. The van der Waals surface area contributed by atoms with Gasteiger partial charge in [-0.2, -0.15) is 4.31 Å². The Morgan fingerprint density at radius 2 is 1.91 bits per heavy atom. The molecular formula is C16H26N2O3S. The van der Waals surface area contributed by atoms with E-state index in [1.807, 2.05) is 52.0 Å². The van der Waals surface area contributed by atoms with Crippen molar-refractivity contribution in [2.45, 2.75) is 34.2 Å². The molecule has 0 spiro atoms. The molecule has 0 saturated heterocycles. The minimum atomic E-state index is -3.33. The highest BCUT2D eigenvalue weighted by atomic mass is 32.2. The van der Waals surface area contributed by atoms with Gasteiger partial charge in [-0.05, 0) is 12.5 Å². The Hall–Kier alpha value is -1.40. The smallest absolute Gasteiger partial charge is 0.225 e. The van der Waals surface area contributed by atoms with Crippen molar-refractivity contribution >= 4 is 15.9 Å². The lowest BCUT2D eigenvalue weighted by molar-refractivity contribution is -0.128. The first-order chi connectivity index (χ1) is 10.00. The number of nitrogens with one attached hydrogen (secondary N) is 1. The number of carbonyl (C=O) groups is 1. The molecule has 0 saturated carbocycles. The zero-order chi connectivity index (χ0) is 17.0. The Bertz CT molecular complexity index is 619. The van der Waals surface area contributed by atoms with Gasteiger partial charge in [0.2, 0.25) is 15.9 Å². The van der Waals surface area contributed by atoms with Gasteiger partial charge in [0, 0.05) is 25.0 Å². The van der Waals surface area contributed by atoms with Crippen LogP contribution in [0.4, 0.5) is 0 Å². The first-order valence-electron chi connectivity index (χ1n) is 7.29. The van der Waals surface area contributed by atoms with Crippen LogP contribution in [0.2, 0.25) is 0 Å². The Balaban J connectivity index is 2.69. The van der Waals surface area contributed by atoms with Crippen molar-refractivity contribution in [3.05, 3.63) is 35.4 Å². The van der Waals surface area contributed by atoms with Crippen LogP contribution in [0.15, 0.2) is 24.3 Å². The van der Waals surface area contributed by atoms with Gasteiger partial charge < -0.3 is 5.32 Å². The number of rotatable bonds is 6. The second kappa shape index (κ2) is 7.24. The summed E-state index contributed by atoms with van der Waals surface area (Å²) in [4.78, 5) is 11.8. The summed E-state index contributed by atoms with van der Waals surface area (Å²) in [5, 5.41) is 2.78. The zero-order valence-corrected chi connectivity index (χ0v) is 14.8.